The van der Waals surface area contributed by atoms with Crippen molar-refractivity contribution < 1.29 is 19.0 Å². The molecular weight excluding hydrogens is 263 g/mol. The van der Waals surface area contributed by atoms with E-state index < -0.39 is 12.0 Å². The van der Waals surface area contributed by atoms with Crippen molar-refractivity contribution in [3.8, 4) is 5.88 Å². The second-order valence-electron chi connectivity index (χ2n) is 4.06. The van der Waals surface area contributed by atoms with Crippen LogP contribution in [0.25, 0.3) is 0 Å². The smallest absolute Gasteiger partial charge is 0.330 e. The van der Waals surface area contributed by atoms with Gasteiger partial charge in [0.2, 0.25) is 5.88 Å². The third-order valence-electron chi connectivity index (χ3n) is 2.70. The van der Waals surface area contributed by atoms with E-state index in [2.05, 4.69) is 10.3 Å². The Morgan fingerprint density at radius 1 is 1.30 bits per heavy atom. The Kier molecular flexibility index (Phi) is 4.14. The molecule has 5 nitrogen and oxygen atoms in total. The number of methoxy groups -OCH3 is 1. The number of hydrogen-bond acceptors (Lipinski definition) is 4. The number of carboxylic acid groups (broad SMARTS) is 1. The normalized spacial score (nSPS) is 11.7. The van der Waals surface area contributed by atoms with Crippen LogP contribution in [0, 0.1) is 5.82 Å². The first kappa shape index (κ1) is 13.8. The van der Waals surface area contributed by atoms with Crippen LogP contribution in [0.5, 0.6) is 5.88 Å². The van der Waals surface area contributed by atoms with E-state index >= 15 is 0 Å². The Labute approximate surface area is 115 Å². The number of nitrogens with zero attached hydrogens (tertiary/aromatic N) is 1. The largest absolute Gasteiger partial charge is 0.481 e. The number of nitrogens with one attached hydrogen (secondary N) is 1. The second-order valence-corrected chi connectivity index (χ2v) is 4.06. The first-order valence-corrected chi connectivity index (χ1v) is 5.85. The number of carboxylic acids is 1. The lowest BCUT2D eigenvalue weighted by Gasteiger charge is -2.16. The number of pyridine rings is 1. The van der Waals surface area contributed by atoms with E-state index in [-0.39, 0.29) is 5.82 Å². The average molecular weight is 276 g/mol. The molecule has 6 heteroatoms. The fourth-order valence-electron chi connectivity index (χ4n) is 1.68. The maximum Gasteiger partial charge on any atom is 0.330 e. The molecular formula is C14H13FN2O3. The van der Waals surface area contributed by atoms with E-state index in [0.29, 0.717) is 17.1 Å². The third kappa shape index (κ3) is 3.23. The fourth-order valence-corrected chi connectivity index (χ4v) is 1.68. The van der Waals surface area contributed by atoms with Gasteiger partial charge in [-0.15, -0.1) is 0 Å². The maximum atomic E-state index is 12.8. The summed E-state index contributed by atoms with van der Waals surface area (Å²) >= 11 is 0. The first-order valence-electron chi connectivity index (χ1n) is 5.85. The summed E-state index contributed by atoms with van der Waals surface area (Å²) < 4.78 is 17.7. The number of anilines is 1. The minimum atomic E-state index is -1.05. The van der Waals surface area contributed by atoms with Crippen LogP contribution in [0.4, 0.5) is 10.1 Å². The van der Waals surface area contributed by atoms with Gasteiger partial charge >= 0.3 is 5.97 Å². The molecule has 0 bridgehead atoms. The number of carbonyl (C=O) groups is 1. The van der Waals surface area contributed by atoms with Crippen LogP contribution < -0.4 is 10.1 Å². The van der Waals surface area contributed by atoms with E-state index in [9.17, 15) is 14.3 Å². The Bertz CT molecular complexity index is 584. The van der Waals surface area contributed by atoms with Crippen LogP contribution in [0.15, 0.2) is 42.6 Å². The van der Waals surface area contributed by atoms with E-state index in [4.69, 9.17) is 4.74 Å². The zero-order valence-corrected chi connectivity index (χ0v) is 10.7. The summed E-state index contributed by atoms with van der Waals surface area (Å²) in [6, 6.07) is 7.68. The van der Waals surface area contributed by atoms with Crippen LogP contribution in [-0.2, 0) is 4.79 Å². The number of ether oxygens (including phenoxy) is 1. The van der Waals surface area contributed by atoms with Gasteiger partial charge < -0.3 is 15.2 Å². The molecule has 0 saturated carbocycles. The predicted molar refractivity (Wildman–Crippen MR) is 71.2 cm³/mol. The highest BCUT2D eigenvalue weighted by Crippen LogP contribution is 2.21. The van der Waals surface area contributed by atoms with Gasteiger partial charge in [0, 0.05) is 23.5 Å². The highest BCUT2D eigenvalue weighted by molar-refractivity contribution is 5.79. The van der Waals surface area contributed by atoms with Crippen LogP contribution in [0.3, 0.4) is 0 Å². The van der Waals surface area contributed by atoms with Crippen molar-refractivity contribution in [2.24, 2.45) is 0 Å². The SMILES string of the molecule is COc1ccc(C(Nc2ccc(F)cc2)C(=O)O)cn1. The molecule has 0 radical (unpaired) electrons. The highest BCUT2D eigenvalue weighted by Gasteiger charge is 2.20. The Morgan fingerprint density at radius 2 is 2.00 bits per heavy atom. The molecule has 0 amide bonds. The molecule has 1 aromatic heterocycles. The van der Waals surface area contributed by atoms with Crippen LogP contribution in [0.1, 0.15) is 11.6 Å². The van der Waals surface area contributed by atoms with E-state index in [1.165, 1.54) is 37.6 Å². The number of halogens is 1. The van der Waals surface area contributed by atoms with Crippen molar-refractivity contribution in [2.45, 2.75) is 6.04 Å². The molecule has 2 rings (SSSR count). The van der Waals surface area contributed by atoms with Gasteiger partial charge in [-0.2, -0.15) is 0 Å². The maximum absolute atomic E-state index is 12.8. The molecule has 1 unspecified atom stereocenters. The average Bonchev–Trinajstić information content (AvgIpc) is 2.46. The highest BCUT2D eigenvalue weighted by atomic mass is 19.1. The van der Waals surface area contributed by atoms with Gasteiger partial charge in [-0.25, -0.2) is 14.2 Å². The molecule has 0 aliphatic heterocycles. The summed E-state index contributed by atoms with van der Waals surface area (Å²) in [5.74, 6) is -1.03. The van der Waals surface area contributed by atoms with E-state index in [1.807, 2.05) is 0 Å². The fraction of sp³-hybridized carbons (Fsp3) is 0.143. The Hall–Kier alpha value is -2.63. The summed E-state index contributed by atoms with van der Waals surface area (Å²) in [5, 5.41) is 12.1. The number of rotatable bonds is 5. The molecule has 2 N–H and O–H groups in total. The van der Waals surface area contributed by atoms with Gasteiger partial charge in [0.05, 0.1) is 7.11 Å². The standard InChI is InChI=1S/C14H13FN2O3/c1-20-12-7-2-9(8-16-12)13(14(18)19)17-11-5-3-10(15)4-6-11/h2-8,13,17H,1H3,(H,18,19). The molecule has 1 heterocycles. The second kappa shape index (κ2) is 6.01. The van der Waals surface area contributed by atoms with Crippen molar-refractivity contribution in [1.29, 1.82) is 0 Å². The van der Waals surface area contributed by atoms with Crippen molar-refractivity contribution >= 4 is 11.7 Å². The lowest BCUT2D eigenvalue weighted by atomic mass is 10.1. The van der Waals surface area contributed by atoms with E-state index in [0.717, 1.165) is 0 Å². The number of aliphatic carboxylic acids is 1. The molecule has 2 aromatic rings. The van der Waals surface area contributed by atoms with Gasteiger partial charge in [0.25, 0.3) is 0 Å². The van der Waals surface area contributed by atoms with E-state index in [1.54, 1.807) is 12.1 Å². The minimum Gasteiger partial charge on any atom is -0.481 e. The van der Waals surface area contributed by atoms with Gasteiger partial charge in [0.15, 0.2) is 6.04 Å². The molecule has 1 aromatic carbocycles. The lowest BCUT2D eigenvalue weighted by Crippen LogP contribution is -2.20. The molecule has 0 aliphatic carbocycles. The minimum absolute atomic E-state index is 0.381. The van der Waals surface area contributed by atoms with Gasteiger partial charge in [-0.3, -0.25) is 0 Å². The lowest BCUT2D eigenvalue weighted by molar-refractivity contribution is -0.138. The summed E-state index contributed by atoms with van der Waals surface area (Å²) in [6.07, 6.45) is 1.42. The number of hydrogen-bond donors (Lipinski definition) is 2. The number of benzene rings is 1. The molecule has 0 saturated heterocycles. The summed E-state index contributed by atoms with van der Waals surface area (Å²) in [5.41, 5.74) is 0.984. The quantitative estimate of drug-likeness (QED) is 0.877. The van der Waals surface area contributed by atoms with Crippen LogP contribution in [-0.4, -0.2) is 23.2 Å². The third-order valence-corrected chi connectivity index (χ3v) is 2.70. The van der Waals surface area contributed by atoms with Crippen molar-refractivity contribution in [1.82, 2.24) is 4.98 Å². The zero-order chi connectivity index (χ0) is 14.5. The molecule has 0 fully saturated rings. The van der Waals surface area contributed by atoms with Crippen molar-refractivity contribution in [3.05, 3.63) is 54.0 Å². The first-order chi connectivity index (χ1) is 9.60. The molecule has 1 atom stereocenters. The summed E-state index contributed by atoms with van der Waals surface area (Å²) in [7, 11) is 1.48. The predicted octanol–water partition coefficient (Wildman–Crippen LogP) is 2.47. The molecule has 20 heavy (non-hydrogen) atoms. The topological polar surface area (TPSA) is 71.5 Å². The van der Waals surface area contributed by atoms with Crippen molar-refractivity contribution in [2.75, 3.05) is 12.4 Å². The van der Waals surface area contributed by atoms with Gasteiger partial charge in [-0.05, 0) is 30.3 Å². The van der Waals surface area contributed by atoms with Gasteiger partial charge in [-0.1, -0.05) is 0 Å². The monoisotopic (exact) mass is 276 g/mol. The molecule has 104 valence electrons. The summed E-state index contributed by atoms with van der Waals surface area (Å²) in [6.45, 7) is 0. The van der Waals surface area contributed by atoms with Gasteiger partial charge in [0.1, 0.15) is 5.82 Å². The van der Waals surface area contributed by atoms with Crippen LogP contribution in [0.2, 0.25) is 0 Å². The number of aromatic nitrogens is 1. The van der Waals surface area contributed by atoms with Crippen LogP contribution >= 0.6 is 0 Å². The molecule has 0 spiro atoms. The summed E-state index contributed by atoms with van der Waals surface area (Å²) in [4.78, 5) is 15.3. The van der Waals surface area contributed by atoms with Crippen molar-refractivity contribution in [3.63, 3.8) is 0 Å². The Morgan fingerprint density at radius 3 is 2.50 bits per heavy atom. The molecule has 0 aliphatic rings. The zero-order valence-electron chi connectivity index (χ0n) is 10.7. The Balaban J connectivity index is 2.22.